The molecule has 1 aliphatic heterocycles. The van der Waals surface area contributed by atoms with Gasteiger partial charge in [-0.1, -0.05) is 12.1 Å². The van der Waals surface area contributed by atoms with Crippen LogP contribution < -0.4 is 20.3 Å². The van der Waals surface area contributed by atoms with Crippen molar-refractivity contribution in [3.8, 4) is 5.75 Å². The van der Waals surface area contributed by atoms with Gasteiger partial charge in [0.25, 0.3) is 0 Å². The Hall–Kier alpha value is -2.67. The molecule has 1 aliphatic rings. The number of nitrogens with one attached hydrogen (secondary N) is 2. The Morgan fingerprint density at radius 2 is 2.00 bits per heavy atom. The van der Waals surface area contributed by atoms with E-state index in [1.807, 2.05) is 6.07 Å². The molecule has 2 N–H and O–H groups in total. The Morgan fingerprint density at radius 1 is 1.19 bits per heavy atom. The van der Waals surface area contributed by atoms with Crippen molar-refractivity contribution in [3.63, 3.8) is 0 Å². The minimum absolute atomic E-state index is 0.0822. The molecule has 2 aromatic carbocycles. The van der Waals surface area contributed by atoms with Crippen LogP contribution in [0.1, 0.15) is 19.3 Å². The lowest BCUT2D eigenvalue weighted by Crippen LogP contribution is -2.35. The maximum Gasteiger partial charge on any atom is 0.227 e. The molecule has 2 aromatic rings. The first-order valence-electron chi connectivity index (χ1n) is 8.39. The largest absolute Gasteiger partial charge is 0.495 e. The first kappa shape index (κ1) is 18.1. The summed E-state index contributed by atoms with van der Waals surface area (Å²) in [5, 5.41) is 6.11. The fraction of sp³-hybridized carbons (Fsp3) is 0.263. The summed E-state index contributed by atoms with van der Waals surface area (Å²) >= 11 is 5.26. The summed E-state index contributed by atoms with van der Waals surface area (Å²) < 4.78 is 19.1. The summed E-state index contributed by atoms with van der Waals surface area (Å²) in [6, 6.07) is 11.7. The van der Waals surface area contributed by atoms with E-state index in [-0.39, 0.29) is 16.8 Å². The highest BCUT2D eigenvalue weighted by Crippen LogP contribution is 2.33. The minimum atomic E-state index is -0.383. The molecule has 0 saturated carbocycles. The van der Waals surface area contributed by atoms with E-state index < -0.39 is 0 Å². The molecule has 0 radical (unpaired) electrons. The van der Waals surface area contributed by atoms with Gasteiger partial charge in [0.15, 0.2) is 5.11 Å². The smallest absolute Gasteiger partial charge is 0.227 e. The van der Waals surface area contributed by atoms with Crippen molar-refractivity contribution >= 4 is 40.3 Å². The number of nitrogens with zero attached hydrogens (tertiary/aromatic N) is 1. The van der Waals surface area contributed by atoms with E-state index in [4.69, 9.17) is 17.0 Å². The molecule has 0 aromatic heterocycles. The molecule has 0 bridgehead atoms. The zero-order valence-electron chi connectivity index (χ0n) is 14.4. The predicted molar refractivity (Wildman–Crippen MR) is 105 cm³/mol. The third kappa shape index (κ3) is 4.11. The Kier molecular flexibility index (Phi) is 5.68. The van der Waals surface area contributed by atoms with Crippen molar-refractivity contribution in [1.29, 1.82) is 0 Å². The van der Waals surface area contributed by atoms with Gasteiger partial charge in [-0.3, -0.25) is 4.79 Å². The summed E-state index contributed by atoms with van der Waals surface area (Å²) in [5.41, 5.74) is 1.69. The van der Waals surface area contributed by atoms with E-state index in [0.717, 1.165) is 12.8 Å². The second-order valence-electron chi connectivity index (χ2n) is 5.95. The maximum absolute atomic E-state index is 13.7. The number of piperidine rings is 1. The average molecular weight is 373 g/mol. The molecule has 0 atom stereocenters. The van der Waals surface area contributed by atoms with Gasteiger partial charge in [0.2, 0.25) is 5.91 Å². The standard InChI is InChI=1S/C19H20FN3O2S/c1-25-17-10-9-13(12-16(17)23-11-5-4-8-18(23)24)21-19(26)22-15-7-3-2-6-14(15)20/h2-3,6-7,9-10,12H,4-5,8,11H2,1H3,(H2,21,22,26). The highest BCUT2D eigenvalue weighted by Gasteiger charge is 2.23. The van der Waals surface area contributed by atoms with E-state index in [1.165, 1.54) is 6.07 Å². The SMILES string of the molecule is COc1ccc(NC(=S)Nc2ccccc2F)cc1N1CCCCC1=O. The fourth-order valence-corrected chi connectivity index (χ4v) is 3.11. The van der Waals surface area contributed by atoms with E-state index in [2.05, 4.69) is 10.6 Å². The zero-order valence-corrected chi connectivity index (χ0v) is 15.2. The molecular weight excluding hydrogens is 353 g/mol. The van der Waals surface area contributed by atoms with Crippen LogP contribution in [0.25, 0.3) is 0 Å². The Morgan fingerprint density at radius 3 is 2.73 bits per heavy atom. The number of ether oxygens (including phenoxy) is 1. The van der Waals surface area contributed by atoms with Crippen LogP contribution in [0.2, 0.25) is 0 Å². The van der Waals surface area contributed by atoms with Gasteiger partial charge >= 0.3 is 0 Å². The molecule has 1 amide bonds. The number of methoxy groups -OCH3 is 1. The molecule has 0 aliphatic carbocycles. The minimum Gasteiger partial charge on any atom is -0.495 e. The number of halogens is 1. The van der Waals surface area contributed by atoms with Crippen molar-refractivity contribution in [3.05, 3.63) is 48.3 Å². The fourth-order valence-electron chi connectivity index (χ4n) is 2.89. The highest BCUT2D eigenvalue weighted by molar-refractivity contribution is 7.80. The van der Waals surface area contributed by atoms with Crippen LogP contribution in [-0.4, -0.2) is 24.7 Å². The lowest BCUT2D eigenvalue weighted by atomic mass is 10.1. The van der Waals surface area contributed by atoms with Gasteiger partial charge < -0.3 is 20.3 Å². The van der Waals surface area contributed by atoms with Crippen molar-refractivity contribution in [2.75, 3.05) is 29.2 Å². The van der Waals surface area contributed by atoms with Crippen molar-refractivity contribution in [2.24, 2.45) is 0 Å². The molecular formula is C19H20FN3O2S. The van der Waals surface area contributed by atoms with Gasteiger partial charge in [-0.15, -0.1) is 0 Å². The molecule has 1 heterocycles. The second-order valence-corrected chi connectivity index (χ2v) is 6.36. The van der Waals surface area contributed by atoms with Gasteiger partial charge in [-0.05, 0) is 55.4 Å². The number of anilines is 3. The summed E-state index contributed by atoms with van der Waals surface area (Å²) in [7, 11) is 1.57. The van der Waals surface area contributed by atoms with Gasteiger partial charge in [0, 0.05) is 18.7 Å². The molecule has 5 nitrogen and oxygen atoms in total. The zero-order chi connectivity index (χ0) is 18.5. The molecule has 7 heteroatoms. The summed E-state index contributed by atoms with van der Waals surface area (Å²) in [4.78, 5) is 14.0. The Bertz CT molecular complexity index is 828. The highest BCUT2D eigenvalue weighted by atomic mass is 32.1. The third-order valence-corrected chi connectivity index (χ3v) is 4.38. The molecule has 0 unspecified atom stereocenters. The maximum atomic E-state index is 13.7. The van der Waals surface area contributed by atoms with Crippen molar-refractivity contribution in [1.82, 2.24) is 0 Å². The monoisotopic (exact) mass is 373 g/mol. The van der Waals surface area contributed by atoms with Crippen molar-refractivity contribution in [2.45, 2.75) is 19.3 Å². The van der Waals surface area contributed by atoms with Crippen LogP contribution in [0.5, 0.6) is 5.75 Å². The molecule has 1 fully saturated rings. The number of carbonyl (C=O) groups excluding carboxylic acids is 1. The van der Waals surface area contributed by atoms with E-state index in [0.29, 0.717) is 35.8 Å². The number of carbonyl (C=O) groups is 1. The van der Waals surface area contributed by atoms with E-state index in [1.54, 1.807) is 42.3 Å². The summed E-state index contributed by atoms with van der Waals surface area (Å²) in [5.74, 6) is 0.323. The summed E-state index contributed by atoms with van der Waals surface area (Å²) in [6.07, 6.45) is 2.40. The van der Waals surface area contributed by atoms with E-state index >= 15 is 0 Å². The van der Waals surface area contributed by atoms with Crippen LogP contribution in [0.3, 0.4) is 0 Å². The lowest BCUT2D eigenvalue weighted by Gasteiger charge is -2.28. The van der Waals surface area contributed by atoms with E-state index in [9.17, 15) is 9.18 Å². The summed E-state index contributed by atoms with van der Waals surface area (Å²) in [6.45, 7) is 0.663. The van der Waals surface area contributed by atoms with Crippen LogP contribution >= 0.6 is 12.2 Å². The van der Waals surface area contributed by atoms with Gasteiger partial charge in [-0.25, -0.2) is 4.39 Å². The van der Waals surface area contributed by atoms with Crippen LogP contribution in [0.15, 0.2) is 42.5 Å². The molecule has 1 saturated heterocycles. The molecule has 3 rings (SSSR count). The van der Waals surface area contributed by atoms with Crippen LogP contribution in [0, 0.1) is 5.82 Å². The number of rotatable bonds is 4. The van der Waals surface area contributed by atoms with Gasteiger partial charge in [0.05, 0.1) is 18.5 Å². The molecule has 26 heavy (non-hydrogen) atoms. The number of para-hydroxylation sites is 1. The average Bonchev–Trinajstić information content (AvgIpc) is 2.64. The van der Waals surface area contributed by atoms with Gasteiger partial charge in [0.1, 0.15) is 11.6 Å². The number of thiocarbonyl (C=S) groups is 1. The first-order valence-corrected chi connectivity index (χ1v) is 8.80. The quantitative estimate of drug-likeness (QED) is 0.788. The number of benzene rings is 2. The van der Waals surface area contributed by atoms with Crippen LogP contribution in [0.4, 0.5) is 21.5 Å². The second kappa shape index (κ2) is 8.14. The number of hydrogen-bond acceptors (Lipinski definition) is 3. The van der Waals surface area contributed by atoms with Crippen molar-refractivity contribution < 1.29 is 13.9 Å². The number of amides is 1. The lowest BCUT2D eigenvalue weighted by molar-refractivity contribution is -0.119. The van der Waals surface area contributed by atoms with Gasteiger partial charge in [-0.2, -0.15) is 0 Å². The normalized spacial score (nSPS) is 14.1. The predicted octanol–water partition coefficient (Wildman–Crippen LogP) is 4.16. The molecule has 136 valence electrons. The topological polar surface area (TPSA) is 53.6 Å². The Labute approximate surface area is 157 Å². The third-order valence-electron chi connectivity index (χ3n) is 4.17. The van der Waals surface area contributed by atoms with Crippen LogP contribution in [-0.2, 0) is 4.79 Å². The first-order chi connectivity index (χ1) is 12.6. The Balaban J connectivity index is 1.78. The number of hydrogen-bond donors (Lipinski definition) is 2. The molecule has 0 spiro atoms.